The average Bonchev–Trinajstić information content (AvgIpc) is 3.29. The van der Waals surface area contributed by atoms with Crippen molar-refractivity contribution in [3.8, 4) is 11.5 Å². The van der Waals surface area contributed by atoms with E-state index in [1.165, 1.54) is 5.56 Å². The maximum Gasteiger partial charge on any atom is 0.340 e. The summed E-state index contributed by atoms with van der Waals surface area (Å²) in [5.41, 5.74) is 3.85. The Balaban J connectivity index is 1.90. The lowest BCUT2D eigenvalue weighted by molar-refractivity contribution is -0.135. The predicted octanol–water partition coefficient (Wildman–Crippen LogP) is 8.59. The summed E-state index contributed by atoms with van der Waals surface area (Å²) < 4.78 is 17.5. The molecule has 0 amide bonds. The van der Waals surface area contributed by atoms with Crippen molar-refractivity contribution in [2.75, 3.05) is 0 Å². The Morgan fingerprint density at radius 3 is 1.62 bits per heavy atom. The van der Waals surface area contributed by atoms with Crippen molar-refractivity contribution in [3.63, 3.8) is 0 Å². The van der Waals surface area contributed by atoms with Gasteiger partial charge in [0.15, 0.2) is 5.60 Å². The minimum atomic E-state index is -1.24. The fourth-order valence-electron chi connectivity index (χ4n) is 5.66. The molecule has 3 aromatic carbocycles. The van der Waals surface area contributed by atoms with Crippen LogP contribution in [0.1, 0.15) is 130 Å². The topological polar surface area (TPSA) is 78.9 Å². The van der Waals surface area contributed by atoms with Gasteiger partial charge in [-0.2, -0.15) is 0 Å². The number of hydrogen-bond acceptors (Lipinski definition) is 6. The number of hydrogen-bond donors (Lipinski definition) is 0. The van der Waals surface area contributed by atoms with Gasteiger partial charge >= 0.3 is 17.9 Å². The van der Waals surface area contributed by atoms with Gasteiger partial charge in [0, 0.05) is 29.5 Å². The number of esters is 3. The molecule has 1 aliphatic rings. The SMILES string of the molecule is CCCC(=O)Oc1ccc(C2(c3ccc(OC(=O)CCC)cc3)OC(=O)c3c2ccc(C(C)CC)c3C(C)CC)cc1. The van der Waals surface area contributed by atoms with Gasteiger partial charge in [-0.05, 0) is 72.9 Å². The summed E-state index contributed by atoms with van der Waals surface area (Å²) in [4.78, 5) is 38.2. The van der Waals surface area contributed by atoms with Crippen molar-refractivity contribution in [2.45, 2.75) is 97.5 Å². The van der Waals surface area contributed by atoms with Crippen LogP contribution < -0.4 is 9.47 Å². The number of rotatable bonds is 12. The smallest absolute Gasteiger partial charge is 0.340 e. The second-order valence-electron chi connectivity index (χ2n) is 11.2. The largest absolute Gasteiger partial charge is 0.441 e. The van der Waals surface area contributed by atoms with Gasteiger partial charge in [-0.3, -0.25) is 9.59 Å². The standard InChI is InChI=1S/C36H42O6/c1-7-11-31(37)40-27-17-13-25(14-18-27)36(26-15-19-28(20-16-26)41-32(38)12-8-2)30-22-21-29(23(5)9-3)33(24(6)10-4)34(30)35(39)42-36/h13-24H,7-12H2,1-6H3. The average molecular weight is 571 g/mol. The van der Waals surface area contributed by atoms with Gasteiger partial charge in [0.25, 0.3) is 0 Å². The number of ether oxygens (including phenoxy) is 3. The minimum Gasteiger partial charge on any atom is -0.441 e. The van der Waals surface area contributed by atoms with Crippen LogP contribution in [0.4, 0.5) is 0 Å². The maximum absolute atomic E-state index is 13.9. The Kier molecular flexibility index (Phi) is 9.87. The number of fused-ring (bicyclic) bond motifs is 1. The summed E-state index contributed by atoms with van der Waals surface area (Å²) in [5.74, 6) is 0.375. The van der Waals surface area contributed by atoms with Gasteiger partial charge in [-0.25, -0.2) is 4.79 Å². The summed E-state index contributed by atoms with van der Waals surface area (Å²) in [7, 11) is 0. The molecule has 1 aliphatic heterocycles. The summed E-state index contributed by atoms with van der Waals surface area (Å²) in [6, 6.07) is 18.5. The third-order valence-electron chi connectivity index (χ3n) is 8.25. The molecule has 0 radical (unpaired) electrons. The quantitative estimate of drug-likeness (QED) is 0.160. The van der Waals surface area contributed by atoms with Gasteiger partial charge < -0.3 is 14.2 Å². The van der Waals surface area contributed by atoms with Crippen LogP contribution in [-0.4, -0.2) is 17.9 Å². The maximum atomic E-state index is 13.9. The highest BCUT2D eigenvalue weighted by Gasteiger charge is 2.50. The summed E-state index contributed by atoms with van der Waals surface area (Å²) in [6.07, 6.45) is 3.92. The molecule has 2 unspecified atom stereocenters. The van der Waals surface area contributed by atoms with Gasteiger partial charge in [0.2, 0.25) is 0 Å². The van der Waals surface area contributed by atoms with Crippen molar-refractivity contribution in [2.24, 2.45) is 0 Å². The van der Waals surface area contributed by atoms with Crippen LogP contribution in [-0.2, 0) is 19.9 Å². The van der Waals surface area contributed by atoms with Gasteiger partial charge in [-0.15, -0.1) is 0 Å². The molecule has 222 valence electrons. The minimum absolute atomic E-state index is 0.160. The van der Waals surface area contributed by atoms with Gasteiger partial charge in [-0.1, -0.05) is 77.9 Å². The molecule has 0 saturated heterocycles. The van der Waals surface area contributed by atoms with Crippen LogP contribution in [0.15, 0.2) is 60.7 Å². The number of carbonyl (C=O) groups excluding carboxylic acids is 3. The monoisotopic (exact) mass is 570 g/mol. The first-order chi connectivity index (χ1) is 20.2. The highest BCUT2D eigenvalue weighted by molar-refractivity contribution is 5.98. The van der Waals surface area contributed by atoms with Gasteiger partial charge in [0.1, 0.15) is 11.5 Å². The van der Waals surface area contributed by atoms with E-state index in [9.17, 15) is 14.4 Å². The van der Waals surface area contributed by atoms with Crippen molar-refractivity contribution < 1.29 is 28.6 Å². The summed E-state index contributed by atoms with van der Waals surface area (Å²) >= 11 is 0. The van der Waals surface area contributed by atoms with Crippen LogP contribution in [0, 0.1) is 0 Å². The van der Waals surface area contributed by atoms with Crippen LogP contribution in [0.5, 0.6) is 11.5 Å². The molecule has 42 heavy (non-hydrogen) atoms. The molecule has 0 bridgehead atoms. The van der Waals surface area contributed by atoms with E-state index < -0.39 is 5.60 Å². The Bertz CT molecular complexity index is 1360. The van der Waals surface area contributed by atoms with E-state index in [0.717, 1.165) is 35.1 Å². The Morgan fingerprint density at radius 1 is 0.714 bits per heavy atom. The molecule has 4 rings (SSSR count). The zero-order chi connectivity index (χ0) is 30.4. The number of cyclic esters (lactones) is 1. The molecule has 3 aromatic rings. The third kappa shape index (κ3) is 5.99. The van der Waals surface area contributed by atoms with E-state index in [0.29, 0.717) is 42.7 Å². The molecular weight excluding hydrogens is 528 g/mol. The predicted molar refractivity (Wildman–Crippen MR) is 163 cm³/mol. The number of carbonyl (C=O) groups is 3. The van der Waals surface area contributed by atoms with Crippen LogP contribution in [0.25, 0.3) is 0 Å². The molecule has 0 aliphatic carbocycles. The summed E-state index contributed by atoms with van der Waals surface area (Å²) in [5, 5.41) is 0. The van der Waals surface area contributed by atoms with E-state index in [4.69, 9.17) is 14.2 Å². The van der Waals surface area contributed by atoms with E-state index in [1.54, 1.807) is 24.3 Å². The zero-order valence-corrected chi connectivity index (χ0v) is 25.6. The first kappa shape index (κ1) is 31.0. The normalized spacial score (nSPS) is 15.0. The molecule has 6 nitrogen and oxygen atoms in total. The molecule has 0 saturated carbocycles. The van der Waals surface area contributed by atoms with Crippen molar-refractivity contribution in [3.05, 3.63) is 94.0 Å². The van der Waals surface area contributed by atoms with E-state index in [2.05, 4.69) is 33.8 Å². The molecule has 0 spiro atoms. The van der Waals surface area contributed by atoms with Crippen LogP contribution >= 0.6 is 0 Å². The lowest BCUT2D eigenvalue weighted by atomic mass is 9.75. The highest BCUT2D eigenvalue weighted by atomic mass is 16.6. The summed E-state index contributed by atoms with van der Waals surface area (Å²) in [6.45, 7) is 12.5. The molecule has 0 aromatic heterocycles. The number of benzene rings is 3. The van der Waals surface area contributed by atoms with Crippen molar-refractivity contribution >= 4 is 17.9 Å². The first-order valence-corrected chi connectivity index (χ1v) is 15.2. The molecular formula is C36H42O6. The van der Waals surface area contributed by atoms with E-state index in [1.807, 2.05) is 44.2 Å². The van der Waals surface area contributed by atoms with Crippen molar-refractivity contribution in [1.82, 2.24) is 0 Å². The lowest BCUT2D eigenvalue weighted by Gasteiger charge is -2.31. The van der Waals surface area contributed by atoms with E-state index >= 15 is 0 Å². The molecule has 0 fully saturated rings. The highest BCUT2D eigenvalue weighted by Crippen LogP contribution is 2.51. The second-order valence-corrected chi connectivity index (χ2v) is 11.2. The second kappa shape index (κ2) is 13.4. The van der Waals surface area contributed by atoms with E-state index in [-0.39, 0.29) is 29.7 Å². The fourth-order valence-corrected chi connectivity index (χ4v) is 5.66. The van der Waals surface area contributed by atoms with Gasteiger partial charge in [0.05, 0.1) is 5.56 Å². The molecule has 0 N–H and O–H groups in total. The fraction of sp³-hybridized carbons (Fsp3) is 0.417. The third-order valence-corrected chi connectivity index (χ3v) is 8.25. The Morgan fingerprint density at radius 2 is 1.19 bits per heavy atom. The van der Waals surface area contributed by atoms with Crippen LogP contribution in [0.3, 0.4) is 0 Å². The zero-order valence-electron chi connectivity index (χ0n) is 25.6. The Labute approximate surface area is 249 Å². The molecule has 6 heteroatoms. The van der Waals surface area contributed by atoms with Crippen molar-refractivity contribution in [1.29, 1.82) is 0 Å². The first-order valence-electron chi connectivity index (χ1n) is 15.2. The Hall–Kier alpha value is -3.93. The molecule has 1 heterocycles. The molecule has 2 atom stereocenters. The lowest BCUT2D eigenvalue weighted by Crippen LogP contribution is -2.29. The van der Waals surface area contributed by atoms with Crippen LogP contribution in [0.2, 0.25) is 0 Å².